The fraction of sp³-hybridized carbons (Fsp3) is 0.600. The van der Waals surface area contributed by atoms with Crippen LogP contribution in [0.2, 0.25) is 0 Å². The quantitative estimate of drug-likeness (QED) is 0.884. The number of rotatable bonds is 4. The SMILES string of the molecule is CC(C)CCNC(=O)C1CC2CCCN2C12C(=O)Nc1ccccc12. The van der Waals surface area contributed by atoms with Gasteiger partial charge in [0, 0.05) is 23.8 Å². The Morgan fingerprint density at radius 2 is 2.20 bits per heavy atom. The Hall–Kier alpha value is -1.88. The van der Waals surface area contributed by atoms with Crippen LogP contribution < -0.4 is 10.6 Å². The molecule has 2 N–H and O–H groups in total. The minimum Gasteiger partial charge on any atom is -0.356 e. The van der Waals surface area contributed by atoms with Crippen molar-refractivity contribution in [3.8, 4) is 0 Å². The van der Waals surface area contributed by atoms with Crippen LogP contribution in [0.15, 0.2) is 24.3 Å². The van der Waals surface area contributed by atoms with Crippen molar-refractivity contribution in [2.75, 3.05) is 18.4 Å². The highest BCUT2D eigenvalue weighted by Gasteiger charge is 2.65. The van der Waals surface area contributed by atoms with E-state index in [0.29, 0.717) is 18.5 Å². The summed E-state index contributed by atoms with van der Waals surface area (Å²) in [5.74, 6) is 0.245. The Labute approximate surface area is 149 Å². The topological polar surface area (TPSA) is 61.4 Å². The van der Waals surface area contributed by atoms with Crippen LogP contribution in [0.1, 0.15) is 45.1 Å². The maximum absolute atomic E-state index is 13.2. The molecule has 5 heteroatoms. The van der Waals surface area contributed by atoms with Crippen LogP contribution in [0.25, 0.3) is 0 Å². The second kappa shape index (κ2) is 6.13. The fourth-order valence-corrected chi connectivity index (χ4v) is 4.99. The Bertz CT molecular complexity index is 702. The molecule has 134 valence electrons. The Balaban J connectivity index is 1.69. The molecule has 1 aromatic carbocycles. The van der Waals surface area contributed by atoms with E-state index in [1.54, 1.807) is 0 Å². The van der Waals surface area contributed by atoms with Gasteiger partial charge in [-0.2, -0.15) is 0 Å². The van der Waals surface area contributed by atoms with Crippen molar-refractivity contribution >= 4 is 17.5 Å². The van der Waals surface area contributed by atoms with Gasteiger partial charge in [-0.25, -0.2) is 0 Å². The first kappa shape index (κ1) is 16.6. The lowest BCUT2D eigenvalue weighted by Gasteiger charge is -2.36. The lowest BCUT2D eigenvalue weighted by molar-refractivity contribution is -0.137. The number of benzene rings is 1. The Morgan fingerprint density at radius 1 is 1.40 bits per heavy atom. The molecule has 0 aromatic heterocycles. The van der Waals surface area contributed by atoms with Gasteiger partial charge >= 0.3 is 0 Å². The molecule has 3 aliphatic heterocycles. The third-order valence-corrected chi connectivity index (χ3v) is 6.11. The van der Waals surface area contributed by atoms with Crippen molar-refractivity contribution in [1.82, 2.24) is 10.2 Å². The van der Waals surface area contributed by atoms with Gasteiger partial charge in [-0.15, -0.1) is 0 Å². The van der Waals surface area contributed by atoms with Gasteiger partial charge in [0.1, 0.15) is 5.54 Å². The summed E-state index contributed by atoms with van der Waals surface area (Å²) in [4.78, 5) is 28.5. The number of amides is 2. The number of carbonyl (C=O) groups is 2. The molecule has 3 aliphatic rings. The van der Waals surface area contributed by atoms with Crippen molar-refractivity contribution in [1.29, 1.82) is 0 Å². The van der Waals surface area contributed by atoms with Crippen molar-refractivity contribution < 1.29 is 9.59 Å². The normalized spacial score (nSPS) is 30.6. The van der Waals surface area contributed by atoms with Crippen LogP contribution >= 0.6 is 0 Å². The second-order valence-corrected chi connectivity index (χ2v) is 8.02. The van der Waals surface area contributed by atoms with E-state index in [1.807, 2.05) is 24.3 Å². The number of carbonyl (C=O) groups excluding carboxylic acids is 2. The highest BCUT2D eigenvalue weighted by atomic mass is 16.2. The minimum absolute atomic E-state index is 0.0258. The molecule has 3 unspecified atom stereocenters. The maximum atomic E-state index is 13.2. The largest absolute Gasteiger partial charge is 0.356 e. The second-order valence-electron chi connectivity index (χ2n) is 8.02. The minimum atomic E-state index is -0.820. The molecule has 0 aliphatic carbocycles. The summed E-state index contributed by atoms with van der Waals surface area (Å²) < 4.78 is 0. The highest BCUT2D eigenvalue weighted by molar-refractivity contribution is 6.09. The zero-order valence-corrected chi connectivity index (χ0v) is 15.0. The molecule has 2 saturated heterocycles. The third kappa shape index (κ3) is 2.40. The summed E-state index contributed by atoms with van der Waals surface area (Å²) in [5, 5.41) is 6.14. The van der Waals surface area contributed by atoms with Crippen molar-refractivity contribution in [3.63, 3.8) is 0 Å². The summed E-state index contributed by atoms with van der Waals surface area (Å²) >= 11 is 0. The molecule has 25 heavy (non-hydrogen) atoms. The zero-order chi connectivity index (χ0) is 17.6. The molecule has 5 nitrogen and oxygen atoms in total. The molecule has 0 bridgehead atoms. The first-order valence-corrected chi connectivity index (χ1v) is 9.50. The van der Waals surface area contributed by atoms with E-state index < -0.39 is 5.54 Å². The van der Waals surface area contributed by atoms with Crippen LogP contribution in [-0.2, 0) is 15.1 Å². The van der Waals surface area contributed by atoms with E-state index >= 15 is 0 Å². The summed E-state index contributed by atoms with van der Waals surface area (Å²) in [6.45, 7) is 5.87. The molecule has 2 fully saturated rings. The number of nitrogens with one attached hydrogen (secondary N) is 2. The van der Waals surface area contributed by atoms with Crippen molar-refractivity contribution in [2.45, 2.75) is 51.1 Å². The lowest BCUT2D eigenvalue weighted by Crippen LogP contribution is -2.54. The van der Waals surface area contributed by atoms with Crippen molar-refractivity contribution in [3.05, 3.63) is 29.8 Å². The van der Waals surface area contributed by atoms with Gasteiger partial charge < -0.3 is 10.6 Å². The number of hydrogen-bond donors (Lipinski definition) is 2. The number of hydrogen-bond acceptors (Lipinski definition) is 3. The van der Waals surface area contributed by atoms with E-state index in [1.165, 1.54) is 0 Å². The first-order valence-electron chi connectivity index (χ1n) is 9.50. The first-order chi connectivity index (χ1) is 12.0. The third-order valence-electron chi connectivity index (χ3n) is 6.11. The monoisotopic (exact) mass is 341 g/mol. The Morgan fingerprint density at radius 3 is 3.00 bits per heavy atom. The standard InChI is InChI=1S/C20H27N3O2/c1-13(2)9-10-21-18(24)16-12-14-6-5-11-23(14)20(16)15-7-3-4-8-17(15)22-19(20)25/h3-4,7-8,13-14,16H,5-6,9-12H2,1-2H3,(H,21,24)(H,22,25). The molecule has 2 amide bonds. The van der Waals surface area contributed by atoms with Gasteiger partial charge in [-0.3, -0.25) is 14.5 Å². The zero-order valence-electron chi connectivity index (χ0n) is 15.0. The maximum Gasteiger partial charge on any atom is 0.250 e. The van der Waals surface area contributed by atoms with E-state index in [-0.39, 0.29) is 17.7 Å². The lowest BCUT2D eigenvalue weighted by atomic mass is 9.78. The summed E-state index contributed by atoms with van der Waals surface area (Å²) in [6.07, 6.45) is 3.91. The average Bonchev–Trinajstić information content (AvgIpc) is 3.22. The van der Waals surface area contributed by atoms with Gasteiger partial charge in [0.2, 0.25) is 11.8 Å². The smallest absolute Gasteiger partial charge is 0.250 e. The van der Waals surface area contributed by atoms with Gasteiger partial charge in [0.25, 0.3) is 0 Å². The molecular formula is C20H27N3O2. The van der Waals surface area contributed by atoms with Crippen LogP contribution in [0, 0.1) is 11.8 Å². The van der Waals surface area contributed by atoms with Crippen LogP contribution in [-0.4, -0.2) is 35.8 Å². The highest BCUT2D eigenvalue weighted by Crippen LogP contribution is 2.55. The van der Waals surface area contributed by atoms with Gasteiger partial charge in [0.05, 0.1) is 5.92 Å². The van der Waals surface area contributed by atoms with E-state index in [0.717, 1.165) is 43.5 Å². The molecule has 4 rings (SSSR count). The van der Waals surface area contributed by atoms with E-state index in [4.69, 9.17) is 0 Å². The summed E-state index contributed by atoms with van der Waals surface area (Å²) in [6, 6.07) is 8.20. The predicted octanol–water partition coefficient (Wildman–Crippen LogP) is 2.48. The van der Waals surface area contributed by atoms with Gasteiger partial charge in [-0.1, -0.05) is 32.0 Å². The molecule has 3 heterocycles. The molecule has 3 atom stereocenters. The average molecular weight is 341 g/mol. The molecule has 0 saturated carbocycles. The van der Waals surface area contributed by atoms with Gasteiger partial charge in [0.15, 0.2) is 0 Å². The Kier molecular flexibility index (Phi) is 4.07. The van der Waals surface area contributed by atoms with Crippen LogP contribution in [0.5, 0.6) is 0 Å². The van der Waals surface area contributed by atoms with E-state index in [9.17, 15) is 9.59 Å². The van der Waals surface area contributed by atoms with Crippen LogP contribution in [0.3, 0.4) is 0 Å². The number of anilines is 1. The molecule has 0 radical (unpaired) electrons. The van der Waals surface area contributed by atoms with Crippen molar-refractivity contribution in [2.24, 2.45) is 11.8 Å². The number of para-hydroxylation sites is 1. The summed E-state index contributed by atoms with van der Waals surface area (Å²) in [7, 11) is 0. The van der Waals surface area contributed by atoms with Crippen LogP contribution in [0.4, 0.5) is 5.69 Å². The predicted molar refractivity (Wildman–Crippen MR) is 97.0 cm³/mol. The molecular weight excluding hydrogens is 314 g/mol. The molecule has 1 aromatic rings. The fourth-order valence-electron chi connectivity index (χ4n) is 4.99. The van der Waals surface area contributed by atoms with Gasteiger partial charge in [-0.05, 0) is 44.2 Å². The number of nitrogens with zero attached hydrogens (tertiary/aromatic N) is 1. The number of fused-ring (bicyclic) bond motifs is 4. The summed E-state index contributed by atoms with van der Waals surface area (Å²) in [5.41, 5.74) is 1.02. The molecule has 1 spiro atoms. The van der Waals surface area contributed by atoms with E-state index in [2.05, 4.69) is 29.4 Å².